The number of halogens is 1. The van der Waals surface area contributed by atoms with Gasteiger partial charge in [-0.05, 0) is 19.1 Å². The lowest BCUT2D eigenvalue weighted by molar-refractivity contribution is -0.117. The first-order chi connectivity index (χ1) is 7.49. The predicted molar refractivity (Wildman–Crippen MR) is 56.4 cm³/mol. The molecule has 1 heterocycles. The number of hydrogen-bond donors (Lipinski definition) is 3. The minimum atomic E-state index is -0.678. The number of benzene rings is 1. The van der Waals surface area contributed by atoms with Gasteiger partial charge in [0.1, 0.15) is 11.9 Å². The number of amides is 2. The zero-order valence-corrected chi connectivity index (χ0v) is 8.50. The number of carbonyl (C=O) groups is 2. The van der Waals surface area contributed by atoms with Crippen molar-refractivity contribution in [1.82, 2.24) is 5.32 Å². The molecule has 16 heavy (non-hydrogen) atoms. The van der Waals surface area contributed by atoms with Crippen molar-refractivity contribution in [3.63, 3.8) is 0 Å². The number of hydrogen-bond acceptors (Lipinski definition) is 3. The Labute approximate surface area is 90.8 Å². The van der Waals surface area contributed by atoms with E-state index in [1.165, 1.54) is 6.92 Å². The van der Waals surface area contributed by atoms with E-state index in [1.54, 1.807) is 0 Å². The van der Waals surface area contributed by atoms with E-state index in [0.29, 0.717) is 0 Å². The van der Waals surface area contributed by atoms with Crippen LogP contribution in [-0.4, -0.2) is 17.9 Å². The lowest BCUT2D eigenvalue weighted by Gasteiger charge is -2.08. The van der Waals surface area contributed by atoms with Gasteiger partial charge in [-0.25, -0.2) is 4.39 Å². The van der Waals surface area contributed by atoms with Crippen LogP contribution in [0.2, 0.25) is 0 Å². The number of anilines is 2. The molecule has 84 valence electrons. The Morgan fingerprint density at radius 1 is 1.38 bits per heavy atom. The van der Waals surface area contributed by atoms with Crippen molar-refractivity contribution >= 4 is 23.2 Å². The van der Waals surface area contributed by atoms with Crippen LogP contribution >= 0.6 is 0 Å². The van der Waals surface area contributed by atoms with E-state index in [-0.39, 0.29) is 22.8 Å². The molecule has 1 aliphatic heterocycles. The van der Waals surface area contributed by atoms with Gasteiger partial charge in [0.15, 0.2) is 0 Å². The van der Waals surface area contributed by atoms with Gasteiger partial charge in [-0.2, -0.15) is 0 Å². The largest absolute Gasteiger partial charge is 0.397 e. The van der Waals surface area contributed by atoms with Crippen molar-refractivity contribution in [2.45, 2.75) is 13.0 Å². The smallest absolute Gasteiger partial charge is 0.254 e. The van der Waals surface area contributed by atoms with E-state index in [4.69, 9.17) is 5.73 Å². The molecule has 0 aliphatic carbocycles. The summed E-state index contributed by atoms with van der Waals surface area (Å²) in [6.07, 6.45) is 0. The second-order valence-corrected chi connectivity index (χ2v) is 3.60. The third-order valence-electron chi connectivity index (χ3n) is 2.37. The molecule has 0 radical (unpaired) electrons. The van der Waals surface area contributed by atoms with E-state index in [2.05, 4.69) is 10.6 Å². The van der Waals surface area contributed by atoms with Crippen LogP contribution in [0.5, 0.6) is 0 Å². The van der Waals surface area contributed by atoms with Crippen molar-refractivity contribution < 1.29 is 14.0 Å². The number of nitrogens with one attached hydrogen (secondary N) is 2. The molecule has 0 bridgehead atoms. The molecule has 5 nitrogen and oxygen atoms in total. The maximum atomic E-state index is 13.1. The van der Waals surface area contributed by atoms with Crippen molar-refractivity contribution in [2.75, 3.05) is 11.1 Å². The monoisotopic (exact) mass is 223 g/mol. The topological polar surface area (TPSA) is 84.2 Å². The number of rotatable bonds is 0. The zero-order chi connectivity index (χ0) is 11.9. The van der Waals surface area contributed by atoms with E-state index in [1.807, 2.05) is 0 Å². The third-order valence-corrected chi connectivity index (χ3v) is 2.37. The fourth-order valence-electron chi connectivity index (χ4n) is 1.52. The van der Waals surface area contributed by atoms with Crippen LogP contribution in [0.25, 0.3) is 0 Å². The van der Waals surface area contributed by atoms with Crippen LogP contribution in [0.15, 0.2) is 12.1 Å². The second-order valence-electron chi connectivity index (χ2n) is 3.60. The molecular weight excluding hydrogens is 213 g/mol. The average molecular weight is 223 g/mol. The quantitative estimate of drug-likeness (QED) is 0.559. The van der Waals surface area contributed by atoms with Gasteiger partial charge in [-0.3, -0.25) is 9.59 Å². The summed E-state index contributed by atoms with van der Waals surface area (Å²) < 4.78 is 13.1. The Bertz CT molecular complexity index is 487. The predicted octanol–water partition coefficient (Wildman–Crippen LogP) is 0.478. The Morgan fingerprint density at radius 3 is 2.75 bits per heavy atom. The molecule has 2 amide bonds. The molecule has 0 saturated carbocycles. The Balaban J connectivity index is 2.60. The van der Waals surface area contributed by atoms with Crippen molar-refractivity contribution in [2.24, 2.45) is 0 Å². The first-order valence-corrected chi connectivity index (χ1v) is 4.70. The summed E-state index contributed by atoms with van der Waals surface area (Å²) in [5, 5.41) is 4.91. The molecule has 4 N–H and O–H groups in total. The van der Waals surface area contributed by atoms with Gasteiger partial charge in [-0.1, -0.05) is 0 Å². The van der Waals surface area contributed by atoms with E-state index in [9.17, 15) is 14.0 Å². The fraction of sp³-hybridized carbons (Fsp3) is 0.200. The zero-order valence-electron chi connectivity index (χ0n) is 8.50. The number of nitrogen functional groups attached to an aromatic ring is 1. The van der Waals surface area contributed by atoms with Gasteiger partial charge >= 0.3 is 0 Å². The summed E-state index contributed by atoms with van der Waals surface area (Å²) in [6, 6.07) is 1.42. The van der Waals surface area contributed by atoms with Gasteiger partial charge in [0.2, 0.25) is 5.91 Å². The Morgan fingerprint density at radius 2 is 2.06 bits per heavy atom. The lowest BCUT2D eigenvalue weighted by Crippen LogP contribution is -2.38. The highest BCUT2D eigenvalue weighted by molar-refractivity contribution is 6.12. The summed E-state index contributed by atoms with van der Waals surface area (Å²) >= 11 is 0. The fourth-order valence-corrected chi connectivity index (χ4v) is 1.52. The number of fused-ring (bicyclic) bond motifs is 1. The van der Waals surface area contributed by atoms with Crippen molar-refractivity contribution in [1.29, 1.82) is 0 Å². The van der Waals surface area contributed by atoms with Crippen molar-refractivity contribution in [3.05, 3.63) is 23.5 Å². The highest BCUT2D eigenvalue weighted by Gasteiger charge is 2.26. The molecule has 1 atom stereocenters. The summed E-state index contributed by atoms with van der Waals surface area (Å²) in [4.78, 5) is 23.1. The SMILES string of the molecule is CC1NC(=O)c2cc(F)cc(N)c2NC1=O. The van der Waals surface area contributed by atoms with Crippen molar-refractivity contribution in [3.8, 4) is 0 Å². The molecular formula is C10H10FN3O2. The third kappa shape index (κ3) is 1.58. The van der Waals surface area contributed by atoms with Crippen LogP contribution in [0.3, 0.4) is 0 Å². The Kier molecular flexibility index (Phi) is 2.26. The number of nitrogens with two attached hydrogens (primary N) is 1. The summed E-state index contributed by atoms with van der Waals surface area (Å²) in [5.74, 6) is -1.52. The summed E-state index contributed by atoms with van der Waals surface area (Å²) in [7, 11) is 0. The second kappa shape index (κ2) is 3.48. The molecule has 0 spiro atoms. The van der Waals surface area contributed by atoms with Gasteiger partial charge in [0.05, 0.1) is 16.9 Å². The van der Waals surface area contributed by atoms with E-state index < -0.39 is 17.8 Å². The summed E-state index contributed by atoms with van der Waals surface area (Å²) in [6.45, 7) is 1.53. The lowest BCUT2D eigenvalue weighted by atomic mass is 10.1. The van der Waals surface area contributed by atoms with Crippen LogP contribution in [0.1, 0.15) is 17.3 Å². The highest BCUT2D eigenvalue weighted by Crippen LogP contribution is 2.27. The van der Waals surface area contributed by atoms with Gasteiger partial charge in [0, 0.05) is 0 Å². The highest BCUT2D eigenvalue weighted by atomic mass is 19.1. The number of carbonyl (C=O) groups excluding carboxylic acids is 2. The van der Waals surface area contributed by atoms with Gasteiger partial charge < -0.3 is 16.4 Å². The van der Waals surface area contributed by atoms with Crippen LogP contribution in [0.4, 0.5) is 15.8 Å². The van der Waals surface area contributed by atoms with Gasteiger partial charge in [0.25, 0.3) is 5.91 Å². The molecule has 0 fully saturated rings. The molecule has 1 aliphatic rings. The molecule has 1 aromatic carbocycles. The van der Waals surface area contributed by atoms with E-state index in [0.717, 1.165) is 12.1 Å². The van der Waals surface area contributed by atoms with E-state index >= 15 is 0 Å². The molecule has 1 unspecified atom stereocenters. The summed E-state index contributed by atoms with van der Waals surface area (Å²) in [5.41, 5.74) is 5.78. The normalized spacial score (nSPS) is 19.5. The first kappa shape index (κ1) is 10.4. The average Bonchev–Trinajstić information content (AvgIpc) is 2.29. The van der Waals surface area contributed by atoms with Crippen LogP contribution < -0.4 is 16.4 Å². The molecule has 1 aromatic rings. The Hall–Kier alpha value is -2.11. The minimum absolute atomic E-state index is 0.0348. The van der Waals surface area contributed by atoms with Crippen LogP contribution in [0, 0.1) is 5.82 Å². The first-order valence-electron chi connectivity index (χ1n) is 4.70. The molecule has 0 aromatic heterocycles. The molecule has 6 heteroatoms. The standard InChI is InChI=1S/C10H10FN3O2/c1-4-9(15)14-8-6(10(16)13-4)2-5(11)3-7(8)12/h2-4H,12H2,1H3,(H,13,16)(H,14,15). The maximum absolute atomic E-state index is 13.1. The maximum Gasteiger partial charge on any atom is 0.254 e. The van der Waals surface area contributed by atoms with Crippen LogP contribution in [-0.2, 0) is 4.79 Å². The minimum Gasteiger partial charge on any atom is -0.397 e. The molecule has 0 saturated heterocycles. The molecule has 2 rings (SSSR count). The van der Waals surface area contributed by atoms with Gasteiger partial charge in [-0.15, -0.1) is 0 Å².